The third-order valence-corrected chi connectivity index (χ3v) is 3.97. The van der Waals surface area contributed by atoms with Crippen molar-refractivity contribution in [2.45, 2.75) is 0 Å². The topological polar surface area (TPSA) is 68.2 Å². The number of nitrogens with one attached hydrogen (secondary N) is 2. The Morgan fingerprint density at radius 3 is 2.37 bits per heavy atom. The van der Waals surface area contributed by atoms with E-state index in [1.54, 1.807) is 38.4 Å². The lowest BCUT2D eigenvalue weighted by Gasteiger charge is -2.17. The Morgan fingerprint density at radius 2 is 1.78 bits per heavy atom. The van der Waals surface area contributed by atoms with Crippen LogP contribution in [0.4, 0.5) is 20.3 Å². The number of nitrogens with zero attached hydrogens (tertiary/aromatic N) is 2. The van der Waals surface area contributed by atoms with E-state index in [-0.39, 0.29) is 23.3 Å². The van der Waals surface area contributed by atoms with Crippen molar-refractivity contribution < 1.29 is 13.5 Å². The first-order chi connectivity index (χ1) is 12.9. The molecule has 2 N–H and O–H groups in total. The number of anilines is 2. The van der Waals surface area contributed by atoms with Crippen LogP contribution in [-0.4, -0.2) is 23.6 Å². The molecule has 0 spiro atoms. The maximum absolute atomic E-state index is 14.0. The van der Waals surface area contributed by atoms with Crippen LogP contribution in [0.2, 0.25) is 5.02 Å². The van der Waals surface area contributed by atoms with E-state index in [9.17, 15) is 13.6 Å². The van der Waals surface area contributed by atoms with Crippen molar-refractivity contribution in [2.75, 3.05) is 24.7 Å². The lowest BCUT2D eigenvalue weighted by atomic mass is 10.3. The van der Waals surface area contributed by atoms with E-state index < -0.39 is 17.2 Å². The number of aromatic nitrogens is 2. The zero-order valence-corrected chi connectivity index (χ0v) is 15.1. The van der Waals surface area contributed by atoms with E-state index in [1.807, 2.05) is 0 Å². The first kappa shape index (κ1) is 18.7. The zero-order valence-electron chi connectivity index (χ0n) is 14.4. The van der Waals surface area contributed by atoms with Gasteiger partial charge < -0.3 is 15.4 Å². The highest BCUT2D eigenvalue weighted by molar-refractivity contribution is 6.30. The molecule has 0 aliphatic rings. The quantitative estimate of drug-likeness (QED) is 0.686. The highest BCUT2D eigenvalue weighted by Crippen LogP contribution is 2.28. The Bertz CT molecular complexity index is 1040. The van der Waals surface area contributed by atoms with Gasteiger partial charge in [-0.15, -0.1) is 0 Å². The monoisotopic (exact) mass is 392 g/mol. The van der Waals surface area contributed by atoms with Crippen molar-refractivity contribution in [3.63, 3.8) is 0 Å². The summed E-state index contributed by atoms with van der Waals surface area (Å²) in [4.78, 5) is 17.2. The second-order valence-electron chi connectivity index (χ2n) is 5.41. The van der Waals surface area contributed by atoms with Crippen LogP contribution in [0.25, 0.3) is 5.69 Å². The summed E-state index contributed by atoms with van der Waals surface area (Å²) in [6, 6.07) is 9.03. The maximum atomic E-state index is 14.0. The standard InChI is InChI=1S/C18H15ClF2N4O2/c1-22-15-16(23-2)24-18(27-14-8-5-11(20)9-13(14)21)25(17(15)26)12-6-3-10(19)4-7-12/h3-9,22-23H,1-2H3. The number of ether oxygens (including phenoxy) is 1. The minimum absolute atomic E-state index is 0.194. The van der Waals surface area contributed by atoms with Crippen LogP contribution < -0.4 is 20.9 Å². The SMILES string of the molecule is CNc1nc(Oc2ccc(F)cc2F)n(-c2ccc(Cl)cc2)c(=O)c1NC. The average molecular weight is 393 g/mol. The molecule has 6 nitrogen and oxygen atoms in total. The van der Waals surface area contributed by atoms with Gasteiger partial charge in [-0.1, -0.05) is 11.6 Å². The molecule has 0 bridgehead atoms. The summed E-state index contributed by atoms with van der Waals surface area (Å²) in [6.45, 7) is 0. The number of halogens is 3. The molecule has 0 unspecified atom stereocenters. The van der Waals surface area contributed by atoms with Gasteiger partial charge in [0.2, 0.25) is 0 Å². The van der Waals surface area contributed by atoms with Crippen LogP contribution >= 0.6 is 11.6 Å². The van der Waals surface area contributed by atoms with Gasteiger partial charge >= 0.3 is 6.01 Å². The molecule has 0 saturated heterocycles. The molecular weight excluding hydrogens is 378 g/mol. The highest BCUT2D eigenvalue weighted by Gasteiger charge is 2.19. The Labute approximate surface area is 158 Å². The molecule has 0 aliphatic heterocycles. The molecule has 1 heterocycles. The van der Waals surface area contributed by atoms with Crippen molar-refractivity contribution in [1.82, 2.24) is 9.55 Å². The van der Waals surface area contributed by atoms with E-state index >= 15 is 0 Å². The minimum Gasteiger partial charge on any atom is -0.422 e. The number of hydrogen-bond donors (Lipinski definition) is 2. The maximum Gasteiger partial charge on any atom is 0.311 e. The Balaban J connectivity index is 2.23. The molecule has 3 rings (SSSR count). The van der Waals surface area contributed by atoms with Crippen LogP contribution in [0.15, 0.2) is 47.3 Å². The van der Waals surface area contributed by atoms with E-state index in [0.717, 1.165) is 16.7 Å². The summed E-state index contributed by atoms with van der Waals surface area (Å²) < 4.78 is 33.8. The summed E-state index contributed by atoms with van der Waals surface area (Å²) >= 11 is 5.91. The van der Waals surface area contributed by atoms with Gasteiger partial charge in [-0.25, -0.2) is 13.3 Å². The Kier molecular flexibility index (Phi) is 5.27. The molecule has 2 aromatic carbocycles. The average Bonchev–Trinajstić information content (AvgIpc) is 2.65. The predicted octanol–water partition coefficient (Wildman–Crippen LogP) is 4.04. The molecule has 9 heteroatoms. The fourth-order valence-corrected chi connectivity index (χ4v) is 2.58. The molecule has 0 atom stereocenters. The van der Waals surface area contributed by atoms with Gasteiger partial charge in [0.15, 0.2) is 17.4 Å². The fraction of sp³-hybridized carbons (Fsp3) is 0.111. The Morgan fingerprint density at radius 1 is 1.07 bits per heavy atom. The summed E-state index contributed by atoms with van der Waals surface area (Å²) in [5.74, 6) is -1.73. The minimum atomic E-state index is -0.921. The van der Waals surface area contributed by atoms with Crippen LogP contribution in [0.3, 0.4) is 0 Å². The summed E-state index contributed by atoms with van der Waals surface area (Å²) in [7, 11) is 3.16. The molecule has 0 fully saturated rings. The zero-order chi connectivity index (χ0) is 19.6. The molecular formula is C18H15ClF2N4O2. The molecule has 0 radical (unpaired) electrons. The fourth-order valence-electron chi connectivity index (χ4n) is 2.45. The smallest absolute Gasteiger partial charge is 0.311 e. The summed E-state index contributed by atoms with van der Waals surface area (Å²) in [5.41, 5.74) is 0.129. The number of rotatable bonds is 5. The van der Waals surface area contributed by atoms with Crippen LogP contribution in [0.5, 0.6) is 11.8 Å². The molecule has 3 aromatic rings. The highest BCUT2D eigenvalue weighted by atomic mass is 35.5. The summed E-state index contributed by atoms with van der Waals surface area (Å²) in [6.07, 6.45) is 0. The Hall–Kier alpha value is -3.13. The van der Waals surface area contributed by atoms with Crippen molar-refractivity contribution in [3.8, 4) is 17.4 Å². The predicted molar refractivity (Wildman–Crippen MR) is 100 cm³/mol. The van der Waals surface area contributed by atoms with E-state index in [0.29, 0.717) is 16.8 Å². The van der Waals surface area contributed by atoms with Gasteiger partial charge in [0.05, 0.1) is 5.69 Å². The summed E-state index contributed by atoms with van der Waals surface area (Å²) in [5, 5.41) is 6.05. The molecule has 1 aromatic heterocycles. The molecule has 0 amide bonds. The third kappa shape index (κ3) is 3.70. The third-order valence-electron chi connectivity index (χ3n) is 3.72. The van der Waals surface area contributed by atoms with Crippen LogP contribution in [-0.2, 0) is 0 Å². The molecule has 0 saturated carbocycles. The molecule has 0 aliphatic carbocycles. The molecule has 27 heavy (non-hydrogen) atoms. The van der Waals surface area contributed by atoms with Gasteiger partial charge in [0.25, 0.3) is 5.56 Å². The largest absolute Gasteiger partial charge is 0.422 e. The van der Waals surface area contributed by atoms with Crippen LogP contribution in [0, 0.1) is 11.6 Å². The number of hydrogen-bond acceptors (Lipinski definition) is 5. The lowest BCUT2D eigenvalue weighted by molar-refractivity contribution is 0.396. The second-order valence-corrected chi connectivity index (χ2v) is 5.85. The second kappa shape index (κ2) is 7.63. The van der Waals surface area contributed by atoms with Crippen molar-refractivity contribution in [1.29, 1.82) is 0 Å². The number of benzene rings is 2. The van der Waals surface area contributed by atoms with E-state index in [1.165, 1.54) is 0 Å². The van der Waals surface area contributed by atoms with Gasteiger partial charge in [-0.05, 0) is 36.4 Å². The van der Waals surface area contributed by atoms with Crippen molar-refractivity contribution in [3.05, 3.63) is 69.5 Å². The van der Waals surface area contributed by atoms with Crippen molar-refractivity contribution in [2.24, 2.45) is 0 Å². The van der Waals surface area contributed by atoms with Gasteiger partial charge in [0.1, 0.15) is 11.5 Å². The van der Waals surface area contributed by atoms with Gasteiger partial charge in [-0.3, -0.25) is 4.79 Å². The first-order valence-corrected chi connectivity index (χ1v) is 8.23. The van der Waals surface area contributed by atoms with Gasteiger partial charge in [-0.2, -0.15) is 4.98 Å². The first-order valence-electron chi connectivity index (χ1n) is 7.86. The van der Waals surface area contributed by atoms with Gasteiger partial charge in [0, 0.05) is 25.2 Å². The lowest BCUT2D eigenvalue weighted by Crippen LogP contribution is -2.25. The van der Waals surface area contributed by atoms with Crippen LogP contribution in [0.1, 0.15) is 0 Å². The van der Waals surface area contributed by atoms with Crippen molar-refractivity contribution >= 4 is 23.1 Å². The molecule has 140 valence electrons. The van der Waals surface area contributed by atoms with E-state index in [4.69, 9.17) is 16.3 Å². The normalized spacial score (nSPS) is 10.6. The van der Waals surface area contributed by atoms with E-state index in [2.05, 4.69) is 15.6 Å².